The van der Waals surface area contributed by atoms with Crippen LogP contribution in [0.2, 0.25) is 0 Å². The van der Waals surface area contributed by atoms with Crippen LogP contribution < -0.4 is 10.1 Å². The maximum Gasteiger partial charge on any atom is 0.289 e. The Morgan fingerprint density at radius 3 is 2.67 bits per heavy atom. The third-order valence-corrected chi connectivity index (χ3v) is 5.51. The first kappa shape index (κ1) is 22.2. The fourth-order valence-corrected chi connectivity index (χ4v) is 3.73. The summed E-state index contributed by atoms with van der Waals surface area (Å²) in [4.78, 5) is 40.7. The molecule has 3 amide bonds. The standard InChI is InChI=1S/C24H18FN3O4S/c25-20-12-16(5-9-21(20)32-19-2-1-11-26-13-19)6-10-22(29)27-18-7-3-17(4-8-18)14-28-23(30)15-33-24(28)31/h1-13H,14-15H2,(H,27,29)/b10-6+. The summed E-state index contributed by atoms with van der Waals surface area (Å²) in [5.41, 5.74) is 1.82. The minimum atomic E-state index is -0.564. The Balaban J connectivity index is 1.32. The summed E-state index contributed by atoms with van der Waals surface area (Å²) in [6, 6.07) is 14.6. The molecule has 1 aliphatic rings. The van der Waals surface area contributed by atoms with E-state index in [0.717, 1.165) is 17.3 Å². The Kier molecular flexibility index (Phi) is 6.80. The van der Waals surface area contributed by atoms with Crippen molar-refractivity contribution in [1.82, 2.24) is 9.88 Å². The van der Waals surface area contributed by atoms with Crippen molar-refractivity contribution in [2.45, 2.75) is 6.54 Å². The fraction of sp³-hybridized carbons (Fsp3) is 0.0833. The van der Waals surface area contributed by atoms with Crippen LogP contribution in [0, 0.1) is 5.82 Å². The van der Waals surface area contributed by atoms with E-state index in [0.29, 0.717) is 17.0 Å². The van der Waals surface area contributed by atoms with Crippen LogP contribution in [0.5, 0.6) is 11.5 Å². The highest BCUT2D eigenvalue weighted by molar-refractivity contribution is 8.14. The van der Waals surface area contributed by atoms with Gasteiger partial charge >= 0.3 is 0 Å². The van der Waals surface area contributed by atoms with Crippen molar-refractivity contribution in [2.24, 2.45) is 0 Å². The van der Waals surface area contributed by atoms with Crippen molar-refractivity contribution in [1.29, 1.82) is 0 Å². The van der Waals surface area contributed by atoms with Crippen molar-refractivity contribution in [2.75, 3.05) is 11.1 Å². The number of thioether (sulfide) groups is 1. The quantitative estimate of drug-likeness (QED) is 0.504. The molecule has 1 aliphatic heterocycles. The SMILES string of the molecule is O=C(/C=C/c1ccc(Oc2cccnc2)c(F)c1)Nc1ccc(CN2C(=O)CSC2=O)cc1. The summed E-state index contributed by atoms with van der Waals surface area (Å²) in [5, 5.41) is 2.45. The maximum atomic E-state index is 14.3. The minimum absolute atomic E-state index is 0.0561. The zero-order valence-corrected chi connectivity index (χ0v) is 18.0. The van der Waals surface area contributed by atoms with E-state index < -0.39 is 5.82 Å². The number of benzene rings is 2. The number of carbonyl (C=O) groups is 3. The molecular formula is C24H18FN3O4S. The van der Waals surface area contributed by atoms with Crippen LogP contribution >= 0.6 is 11.8 Å². The lowest BCUT2D eigenvalue weighted by molar-refractivity contribution is -0.125. The topological polar surface area (TPSA) is 88.6 Å². The van der Waals surface area contributed by atoms with Gasteiger partial charge in [-0.2, -0.15) is 0 Å². The van der Waals surface area contributed by atoms with Gasteiger partial charge in [-0.05, 0) is 53.6 Å². The second kappa shape index (κ2) is 10.1. The van der Waals surface area contributed by atoms with E-state index >= 15 is 0 Å². The van der Waals surface area contributed by atoms with Gasteiger partial charge in [0.25, 0.3) is 5.24 Å². The zero-order valence-electron chi connectivity index (χ0n) is 17.2. The number of nitrogens with zero attached hydrogens (tertiary/aromatic N) is 2. The number of halogens is 1. The highest BCUT2D eigenvalue weighted by atomic mass is 32.2. The van der Waals surface area contributed by atoms with Crippen molar-refractivity contribution in [3.05, 3.63) is 90.0 Å². The first-order valence-electron chi connectivity index (χ1n) is 9.90. The van der Waals surface area contributed by atoms with Gasteiger partial charge in [0.05, 0.1) is 18.5 Å². The van der Waals surface area contributed by atoms with Crippen molar-refractivity contribution >= 4 is 40.6 Å². The Hall–Kier alpha value is -3.98. The molecule has 2 heterocycles. The van der Waals surface area contributed by atoms with E-state index in [-0.39, 0.29) is 35.1 Å². The number of aromatic nitrogens is 1. The molecule has 3 aromatic rings. The molecule has 4 rings (SSSR count). The highest BCUT2D eigenvalue weighted by Gasteiger charge is 2.29. The molecule has 0 aliphatic carbocycles. The second-order valence-electron chi connectivity index (χ2n) is 7.03. The average Bonchev–Trinajstić information content (AvgIpc) is 3.13. The summed E-state index contributed by atoms with van der Waals surface area (Å²) < 4.78 is 19.8. The summed E-state index contributed by atoms with van der Waals surface area (Å²) in [5.74, 6) is -0.516. The van der Waals surface area contributed by atoms with Crippen LogP contribution in [0.1, 0.15) is 11.1 Å². The van der Waals surface area contributed by atoms with E-state index in [1.165, 1.54) is 35.4 Å². The number of pyridine rings is 1. The van der Waals surface area contributed by atoms with Crippen LogP contribution in [0.4, 0.5) is 14.9 Å². The molecular weight excluding hydrogens is 445 g/mol. The summed E-state index contributed by atoms with van der Waals surface area (Å²) >= 11 is 0.990. The molecule has 0 unspecified atom stereocenters. The van der Waals surface area contributed by atoms with E-state index in [4.69, 9.17) is 4.74 Å². The minimum Gasteiger partial charge on any atom is -0.453 e. The Bertz CT molecular complexity index is 1200. The lowest BCUT2D eigenvalue weighted by Crippen LogP contribution is -2.27. The number of imide groups is 1. The number of nitrogens with one attached hydrogen (secondary N) is 1. The summed E-state index contributed by atoms with van der Waals surface area (Å²) in [7, 11) is 0. The van der Waals surface area contributed by atoms with Crippen LogP contribution in [0.3, 0.4) is 0 Å². The van der Waals surface area contributed by atoms with E-state index in [9.17, 15) is 18.8 Å². The largest absolute Gasteiger partial charge is 0.453 e. The number of rotatable bonds is 7. The molecule has 0 spiro atoms. The summed E-state index contributed by atoms with van der Waals surface area (Å²) in [6.07, 6.45) is 5.86. The molecule has 2 aromatic carbocycles. The number of ether oxygens (including phenoxy) is 1. The van der Waals surface area contributed by atoms with Crippen molar-refractivity contribution in [3.8, 4) is 11.5 Å². The first-order valence-corrected chi connectivity index (χ1v) is 10.9. The molecule has 0 radical (unpaired) electrons. The Morgan fingerprint density at radius 1 is 1.18 bits per heavy atom. The van der Waals surface area contributed by atoms with Gasteiger partial charge in [0, 0.05) is 18.0 Å². The van der Waals surface area contributed by atoms with Crippen LogP contribution in [0.25, 0.3) is 6.08 Å². The van der Waals surface area contributed by atoms with Gasteiger partial charge in [-0.15, -0.1) is 0 Å². The number of anilines is 1. The molecule has 166 valence electrons. The molecule has 1 aromatic heterocycles. The number of hydrogen-bond acceptors (Lipinski definition) is 6. The van der Waals surface area contributed by atoms with Crippen LogP contribution in [0.15, 0.2) is 73.1 Å². The predicted molar refractivity (Wildman–Crippen MR) is 123 cm³/mol. The molecule has 7 nitrogen and oxygen atoms in total. The monoisotopic (exact) mass is 463 g/mol. The van der Waals surface area contributed by atoms with E-state index in [1.54, 1.807) is 48.7 Å². The first-order chi connectivity index (χ1) is 16.0. The molecule has 0 saturated carbocycles. The van der Waals surface area contributed by atoms with Gasteiger partial charge in [-0.1, -0.05) is 30.0 Å². The number of carbonyl (C=O) groups excluding carboxylic acids is 3. The Morgan fingerprint density at radius 2 is 2.00 bits per heavy atom. The third-order valence-electron chi connectivity index (χ3n) is 4.65. The predicted octanol–water partition coefficient (Wildman–Crippen LogP) is 4.86. The molecule has 33 heavy (non-hydrogen) atoms. The molecule has 1 saturated heterocycles. The molecule has 0 atom stereocenters. The molecule has 0 bridgehead atoms. The second-order valence-corrected chi connectivity index (χ2v) is 7.96. The zero-order chi connectivity index (χ0) is 23.2. The normalized spacial score (nSPS) is 13.5. The maximum absolute atomic E-state index is 14.3. The smallest absolute Gasteiger partial charge is 0.289 e. The number of hydrogen-bond donors (Lipinski definition) is 1. The van der Waals surface area contributed by atoms with E-state index in [1.807, 2.05) is 0 Å². The fourth-order valence-electron chi connectivity index (χ4n) is 3.00. The molecule has 9 heteroatoms. The van der Waals surface area contributed by atoms with E-state index in [2.05, 4.69) is 10.3 Å². The molecule has 1 N–H and O–H groups in total. The lowest BCUT2D eigenvalue weighted by Gasteiger charge is -2.13. The summed E-state index contributed by atoms with van der Waals surface area (Å²) in [6.45, 7) is 0.199. The number of amides is 3. The van der Waals surface area contributed by atoms with Gasteiger partial charge in [0.15, 0.2) is 11.6 Å². The van der Waals surface area contributed by atoms with Crippen LogP contribution in [-0.4, -0.2) is 32.7 Å². The average molecular weight is 463 g/mol. The van der Waals surface area contributed by atoms with Crippen molar-refractivity contribution in [3.63, 3.8) is 0 Å². The van der Waals surface area contributed by atoms with Gasteiger partial charge < -0.3 is 10.1 Å². The Labute approximate surface area is 193 Å². The van der Waals surface area contributed by atoms with Gasteiger partial charge in [-0.25, -0.2) is 4.39 Å². The van der Waals surface area contributed by atoms with Crippen LogP contribution in [-0.2, 0) is 16.1 Å². The highest BCUT2D eigenvalue weighted by Crippen LogP contribution is 2.25. The lowest BCUT2D eigenvalue weighted by atomic mass is 10.2. The van der Waals surface area contributed by atoms with Gasteiger partial charge in [0.1, 0.15) is 5.75 Å². The van der Waals surface area contributed by atoms with Gasteiger partial charge in [0.2, 0.25) is 11.8 Å². The van der Waals surface area contributed by atoms with Crippen molar-refractivity contribution < 1.29 is 23.5 Å². The molecule has 1 fully saturated rings. The third kappa shape index (κ3) is 5.83. The van der Waals surface area contributed by atoms with Gasteiger partial charge in [-0.3, -0.25) is 24.3 Å².